The fourth-order valence-electron chi connectivity index (χ4n) is 3.66. The number of hydrogen-bond donors (Lipinski definition) is 2. The Kier molecular flexibility index (Phi) is 9.28. The minimum absolute atomic E-state index is 0.0421. The predicted octanol–water partition coefficient (Wildman–Crippen LogP) is 3.86. The van der Waals surface area contributed by atoms with Crippen LogP contribution in [0.1, 0.15) is 29.3 Å². The molecule has 0 aliphatic heterocycles. The minimum atomic E-state index is -4.80. The van der Waals surface area contributed by atoms with Crippen molar-refractivity contribution in [2.75, 3.05) is 18.0 Å². The Morgan fingerprint density at radius 1 is 1.11 bits per heavy atom. The van der Waals surface area contributed by atoms with Gasteiger partial charge in [-0.05, 0) is 60.4 Å². The zero-order valence-electron chi connectivity index (χ0n) is 20.7. The van der Waals surface area contributed by atoms with Gasteiger partial charge in [0.2, 0.25) is 16.0 Å². The van der Waals surface area contributed by atoms with Crippen LogP contribution >= 0.6 is 0 Å². The smallest absolute Gasteiger partial charge is 0.481 e. The molecule has 0 spiro atoms. The lowest BCUT2D eigenvalue weighted by atomic mass is 10.1. The van der Waals surface area contributed by atoms with Crippen LogP contribution in [0.25, 0.3) is 0 Å². The highest BCUT2D eigenvalue weighted by Gasteiger charge is 2.31. The van der Waals surface area contributed by atoms with Crippen molar-refractivity contribution >= 4 is 21.9 Å². The number of anilines is 1. The van der Waals surface area contributed by atoms with Crippen LogP contribution in [0.15, 0.2) is 59.6 Å². The van der Waals surface area contributed by atoms with Gasteiger partial charge in [-0.1, -0.05) is 25.1 Å². The minimum Gasteiger partial charge on any atom is -0.481 e. The van der Waals surface area contributed by atoms with Crippen molar-refractivity contribution in [2.24, 2.45) is 0 Å². The van der Waals surface area contributed by atoms with Crippen molar-refractivity contribution in [3.8, 4) is 5.75 Å². The summed E-state index contributed by atoms with van der Waals surface area (Å²) in [4.78, 5) is 21.5. The second kappa shape index (κ2) is 12.2. The van der Waals surface area contributed by atoms with E-state index >= 15 is 0 Å². The summed E-state index contributed by atoms with van der Waals surface area (Å²) in [5, 5.41) is 9.05. The van der Waals surface area contributed by atoms with Crippen LogP contribution in [-0.4, -0.2) is 48.9 Å². The second-order valence-electron chi connectivity index (χ2n) is 8.44. The Hall–Kier alpha value is -3.71. The van der Waals surface area contributed by atoms with Crippen molar-refractivity contribution in [1.82, 2.24) is 14.7 Å². The van der Waals surface area contributed by atoms with E-state index in [1.807, 2.05) is 6.92 Å². The number of hydrogen-bond acceptors (Lipinski definition) is 7. The van der Waals surface area contributed by atoms with Crippen LogP contribution in [-0.2, 0) is 34.2 Å². The van der Waals surface area contributed by atoms with Gasteiger partial charge in [-0.2, -0.15) is 0 Å². The number of carboxylic acid groups (broad SMARTS) is 1. The summed E-state index contributed by atoms with van der Waals surface area (Å²) in [5.41, 5.74) is 2.36. The van der Waals surface area contributed by atoms with Crippen molar-refractivity contribution < 1.29 is 36.2 Å². The third kappa shape index (κ3) is 8.70. The summed E-state index contributed by atoms with van der Waals surface area (Å²) in [7, 11) is -3.96. The van der Waals surface area contributed by atoms with Crippen LogP contribution < -0.4 is 14.4 Å². The van der Waals surface area contributed by atoms with Gasteiger partial charge in [-0.3, -0.25) is 4.79 Å². The summed E-state index contributed by atoms with van der Waals surface area (Å²) in [6.45, 7) is 3.88. The van der Waals surface area contributed by atoms with Gasteiger partial charge in [-0.25, -0.2) is 23.1 Å². The summed E-state index contributed by atoms with van der Waals surface area (Å²) < 4.78 is 69.7. The Bertz CT molecular complexity index is 1370. The van der Waals surface area contributed by atoms with Crippen molar-refractivity contribution in [3.63, 3.8) is 0 Å². The quantitative estimate of drug-likeness (QED) is 0.348. The third-order valence-corrected chi connectivity index (χ3v) is 6.77. The molecule has 0 saturated heterocycles. The summed E-state index contributed by atoms with van der Waals surface area (Å²) in [5.74, 6) is -1.10. The van der Waals surface area contributed by atoms with E-state index in [4.69, 9.17) is 5.11 Å². The zero-order valence-corrected chi connectivity index (χ0v) is 21.5. The first kappa shape index (κ1) is 28.9. The van der Waals surface area contributed by atoms with E-state index in [1.165, 1.54) is 36.4 Å². The molecule has 1 aromatic heterocycles. The molecule has 1 heterocycles. The number of sulfonamides is 1. The van der Waals surface area contributed by atoms with Crippen molar-refractivity contribution in [2.45, 2.75) is 44.5 Å². The molecular weight excluding hydrogens is 525 g/mol. The molecule has 0 amide bonds. The second-order valence-corrected chi connectivity index (χ2v) is 10.2. The SMILES string of the molecule is CCc1ccnc(N(CCNS(=O)(=O)c2cc(C)cc(CC(=O)O)c2)Cc2ccc(OC(F)(F)F)cc2)n1. The van der Waals surface area contributed by atoms with Gasteiger partial charge >= 0.3 is 12.3 Å². The molecule has 2 aromatic carbocycles. The van der Waals surface area contributed by atoms with E-state index in [0.29, 0.717) is 29.1 Å². The van der Waals surface area contributed by atoms with Gasteiger partial charge in [0.05, 0.1) is 11.3 Å². The predicted molar refractivity (Wildman–Crippen MR) is 133 cm³/mol. The lowest BCUT2D eigenvalue weighted by Crippen LogP contribution is -2.35. The van der Waals surface area contributed by atoms with Crippen LogP contribution in [0.3, 0.4) is 0 Å². The molecule has 0 unspecified atom stereocenters. The molecule has 9 nitrogen and oxygen atoms in total. The van der Waals surface area contributed by atoms with Gasteiger partial charge in [-0.15, -0.1) is 13.2 Å². The molecule has 0 aliphatic rings. The Morgan fingerprint density at radius 3 is 2.45 bits per heavy atom. The molecule has 0 radical (unpaired) electrons. The van der Waals surface area contributed by atoms with Crippen LogP contribution in [0, 0.1) is 6.92 Å². The number of ether oxygens (including phenoxy) is 1. The topological polar surface area (TPSA) is 122 Å². The molecule has 0 fully saturated rings. The highest BCUT2D eigenvalue weighted by molar-refractivity contribution is 7.89. The number of aromatic nitrogens is 2. The summed E-state index contributed by atoms with van der Waals surface area (Å²) in [6, 6.07) is 11.5. The van der Waals surface area contributed by atoms with Gasteiger partial charge < -0.3 is 14.7 Å². The van der Waals surface area contributed by atoms with Crippen LogP contribution in [0.4, 0.5) is 19.1 Å². The van der Waals surface area contributed by atoms with E-state index < -0.39 is 22.4 Å². The molecular formula is C25H27F3N4O5S. The summed E-state index contributed by atoms with van der Waals surface area (Å²) >= 11 is 0. The fourth-order valence-corrected chi connectivity index (χ4v) is 4.83. The molecule has 2 N–H and O–H groups in total. The normalized spacial score (nSPS) is 11.8. The van der Waals surface area contributed by atoms with Gasteiger partial charge in [0.25, 0.3) is 0 Å². The summed E-state index contributed by atoms with van der Waals surface area (Å²) in [6.07, 6.45) is -2.89. The standard InChI is InChI=1S/C25H27F3N4O5S/c1-3-20-8-9-29-24(31-20)32(16-18-4-6-21(7-5-18)37-25(26,27)28)11-10-30-38(35,36)22-13-17(2)12-19(14-22)15-23(33)34/h4-9,12-14,30H,3,10-11,15-16H2,1-2H3,(H,33,34). The zero-order chi connectivity index (χ0) is 27.9. The molecule has 0 bridgehead atoms. The van der Waals surface area contributed by atoms with E-state index in [2.05, 4.69) is 19.4 Å². The number of rotatable bonds is 12. The average molecular weight is 553 g/mol. The number of carbonyl (C=O) groups is 1. The maximum Gasteiger partial charge on any atom is 0.573 e. The van der Waals surface area contributed by atoms with E-state index in [9.17, 15) is 26.4 Å². The molecule has 3 rings (SSSR count). The van der Waals surface area contributed by atoms with Crippen LogP contribution in [0.5, 0.6) is 5.75 Å². The van der Waals surface area contributed by atoms with Crippen molar-refractivity contribution in [3.05, 3.63) is 77.1 Å². The molecule has 204 valence electrons. The highest BCUT2D eigenvalue weighted by atomic mass is 32.2. The Labute approximate surface area is 218 Å². The Morgan fingerprint density at radius 2 is 1.82 bits per heavy atom. The first-order chi connectivity index (χ1) is 17.8. The van der Waals surface area contributed by atoms with Gasteiger partial charge in [0.1, 0.15) is 5.75 Å². The van der Waals surface area contributed by atoms with E-state index in [1.54, 1.807) is 30.2 Å². The first-order valence-electron chi connectivity index (χ1n) is 11.6. The third-order valence-electron chi connectivity index (χ3n) is 5.33. The molecule has 3 aromatic rings. The van der Waals surface area contributed by atoms with E-state index in [-0.39, 0.29) is 36.7 Å². The number of carboxylic acids is 1. The number of alkyl halides is 3. The Balaban J connectivity index is 1.77. The molecule has 0 atom stereocenters. The maximum atomic E-state index is 12.9. The maximum absolute atomic E-state index is 12.9. The highest BCUT2D eigenvalue weighted by Crippen LogP contribution is 2.23. The number of nitrogens with zero attached hydrogens (tertiary/aromatic N) is 3. The van der Waals surface area contributed by atoms with E-state index in [0.717, 1.165) is 5.69 Å². The molecule has 0 aliphatic carbocycles. The lowest BCUT2D eigenvalue weighted by molar-refractivity contribution is -0.274. The molecule has 38 heavy (non-hydrogen) atoms. The molecule has 13 heteroatoms. The number of aliphatic carboxylic acids is 1. The number of benzene rings is 2. The fraction of sp³-hybridized carbons (Fsp3) is 0.320. The monoisotopic (exact) mass is 552 g/mol. The largest absolute Gasteiger partial charge is 0.573 e. The number of nitrogens with one attached hydrogen (secondary N) is 1. The average Bonchev–Trinajstić information content (AvgIpc) is 2.83. The van der Waals surface area contributed by atoms with Crippen molar-refractivity contribution in [1.29, 1.82) is 0 Å². The van der Waals surface area contributed by atoms with Gasteiger partial charge in [0.15, 0.2) is 0 Å². The first-order valence-corrected chi connectivity index (χ1v) is 13.1. The van der Waals surface area contributed by atoms with Gasteiger partial charge in [0, 0.05) is 31.5 Å². The van der Waals surface area contributed by atoms with Crippen LogP contribution in [0.2, 0.25) is 0 Å². The lowest BCUT2D eigenvalue weighted by Gasteiger charge is -2.23. The number of aryl methyl sites for hydroxylation is 2. The molecule has 0 saturated carbocycles. The number of halogens is 3.